The number of ether oxygens (including phenoxy) is 2. The van der Waals surface area contributed by atoms with Gasteiger partial charge in [0.15, 0.2) is 0 Å². The summed E-state index contributed by atoms with van der Waals surface area (Å²) >= 11 is 0. The number of aliphatic hydroxyl groups excluding tert-OH is 1. The molecule has 0 bridgehead atoms. The molecule has 13 heteroatoms. The van der Waals surface area contributed by atoms with E-state index in [1.165, 1.54) is 31.4 Å². The highest BCUT2D eigenvalue weighted by Crippen LogP contribution is 2.49. The van der Waals surface area contributed by atoms with Crippen molar-refractivity contribution in [3.8, 4) is 5.75 Å². The van der Waals surface area contributed by atoms with E-state index in [-0.39, 0.29) is 5.69 Å². The normalized spacial score (nSPS) is 14.1. The van der Waals surface area contributed by atoms with Crippen molar-refractivity contribution in [3.05, 3.63) is 35.7 Å². The first-order valence-corrected chi connectivity index (χ1v) is 6.69. The highest BCUT2D eigenvalue weighted by molar-refractivity contribution is 5.88. The van der Waals surface area contributed by atoms with Crippen molar-refractivity contribution in [1.29, 1.82) is 0 Å². The third-order valence-corrected chi connectivity index (χ3v) is 2.99. The number of alkyl halides is 7. The Bertz CT molecular complexity index is 743. The van der Waals surface area contributed by atoms with Crippen molar-refractivity contribution in [1.82, 2.24) is 0 Å². The van der Waals surface area contributed by atoms with Crippen molar-refractivity contribution in [3.63, 3.8) is 0 Å². The second kappa shape index (κ2) is 7.80. The average Bonchev–Trinajstić information content (AvgIpc) is 2.60. The maximum absolute atomic E-state index is 13.6. The lowest BCUT2D eigenvalue weighted by atomic mass is 10.1. The molecule has 0 saturated carbocycles. The van der Waals surface area contributed by atoms with Crippen molar-refractivity contribution >= 4 is 11.7 Å². The van der Waals surface area contributed by atoms with E-state index in [1.54, 1.807) is 0 Å². The van der Waals surface area contributed by atoms with E-state index < -0.39 is 35.4 Å². The topological polar surface area (TPSA) is 80.5 Å². The molecule has 150 valence electrons. The minimum atomic E-state index is -6.72. The predicted molar refractivity (Wildman–Crippen MR) is 75.1 cm³/mol. The molecule has 1 aromatic rings. The molecule has 1 aromatic carbocycles. The molecule has 0 atom stereocenters. The van der Waals surface area contributed by atoms with Crippen LogP contribution in [0.4, 0.5) is 36.4 Å². The van der Waals surface area contributed by atoms with Gasteiger partial charge in [-0.3, -0.25) is 0 Å². The number of methoxy groups -OCH3 is 2. The number of hydrogen-bond donors (Lipinski definition) is 1. The van der Waals surface area contributed by atoms with E-state index in [0.717, 1.165) is 0 Å². The van der Waals surface area contributed by atoms with E-state index in [4.69, 9.17) is 4.74 Å². The molecule has 0 saturated heterocycles. The molecule has 1 N–H and O–H groups in total. The Morgan fingerprint density at radius 3 is 1.93 bits per heavy atom. The van der Waals surface area contributed by atoms with Crippen LogP contribution in [-0.4, -0.2) is 43.3 Å². The Balaban J connectivity index is 3.42. The summed E-state index contributed by atoms with van der Waals surface area (Å²) < 4.78 is 98.6. The monoisotopic (exact) mass is 404 g/mol. The SMILES string of the molecule is COC(=O)/C(N=Nc1ccc(OC)cc1)=C(/O)C(F)(F)C(F)(F)C(F)(F)F. The Hall–Kier alpha value is -2.86. The molecule has 0 aliphatic heterocycles. The summed E-state index contributed by atoms with van der Waals surface area (Å²) in [4.78, 5) is 11.4. The first kappa shape index (κ1) is 22.2. The molecule has 0 spiro atoms. The molecular weight excluding hydrogens is 393 g/mol. The molecule has 0 heterocycles. The molecule has 0 radical (unpaired) electrons. The molecule has 27 heavy (non-hydrogen) atoms. The van der Waals surface area contributed by atoms with Crippen LogP contribution in [0.5, 0.6) is 5.75 Å². The smallest absolute Gasteiger partial charge is 0.460 e. The maximum Gasteiger partial charge on any atom is 0.460 e. The number of halogens is 7. The highest BCUT2D eigenvalue weighted by Gasteiger charge is 2.75. The summed E-state index contributed by atoms with van der Waals surface area (Å²) in [7, 11) is 1.92. The number of aliphatic hydroxyl groups is 1. The van der Waals surface area contributed by atoms with Gasteiger partial charge in [0, 0.05) is 0 Å². The van der Waals surface area contributed by atoms with Crippen LogP contribution in [0, 0.1) is 0 Å². The number of rotatable bonds is 6. The molecule has 0 aliphatic rings. The van der Waals surface area contributed by atoms with Gasteiger partial charge in [-0.15, -0.1) is 5.11 Å². The van der Waals surface area contributed by atoms with E-state index in [9.17, 15) is 40.6 Å². The van der Waals surface area contributed by atoms with Crippen molar-refractivity contribution < 1.29 is 50.1 Å². The predicted octanol–water partition coefficient (Wildman–Crippen LogP) is 4.55. The minimum Gasteiger partial charge on any atom is -0.504 e. The fourth-order valence-corrected chi connectivity index (χ4v) is 1.51. The van der Waals surface area contributed by atoms with Gasteiger partial charge in [-0.2, -0.15) is 35.8 Å². The molecule has 0 aromatic heterocycles. The minimum absolute atomic E-state index is 0.129. The summed E-state index contributed by atoms with van der Waals surface area (Å²) in [6.45, 7) is 0. The molecule has 0 unspecified atom stereocenters. The van der Waals surface area contributed by atoms with Gasteiger partial charge in [-0.1, -0.05) is 0 Å². The standard InChI is InChI=1S/C14H11F7N2O4/c1-26-8-5-3-7(4-6-8)22-23-9(11(25)27-2)10(24)12(15,16)13(17,18)14(19,20)21/h3-6,24H,1-2H3/b10-9-,23-22?. The zero-order valence-electron chi connectivity index (χ0n) is 13.5. The van der Waals surface area contributed by atoms with Gasteiger partial charge >= 0.3 is 24.0 Å². The average molecular weight is 404 g/mol. The van der Waals surface area contributed by atoms with Gasteiger partial charge < -0.3 is 14.6 Å². The summed E-state index contributed by atoms with van der Waals surface area (Å²) in [6.07, 6.45) is -6.72. The maximum atomic E-state index is 13.6. The van der Waals surface area contributed by atoms with Crippen LogP contribution in [0.2, 0.25) is 0 Å². The molecule has 0 amide bonds. The number of carbonyl (C=O) groups excluding carboxylic acids is 1. The van der Waals surface area contributed by atoms with Crippen LogP contribution >= 0.6 is 0 Å². The number of esters is 1. The van der Waals surface area contributed by atoms with Gasteiger partial charge in [-0.25, -0.2) is 4.79 Å². The summed E-state index contributed by atoms with van der Waals surface area (Å²) in [5, 5.41) is 15.3. The number of azo groups is 1. The summed E-state index contributed by atoms with van der Waals surface area (Å²) in [5.74, 6) is -17.4. The highest BCUT2D eigenvalue weighted by atomic mass is 19.4. The van der Waals surface area contributed by atoms with Gasteiger partial charge in [0.2, 0.25) is 11.5 Å². The van der Waals surface area contributed by atoms with Crippen LogP contribution in [-0.2, 0) is 9.53 Å². The van der Waals surface area contributed by atoms with Crippen LogP contribution in [0.3, 0.4) is 0 Å². The first-order chi connectivity index (χ1) is 12.3. The van der Waals surface area contributed by atoms with Gasteiger partial charge in [-0.05, 0) is 24.3 Å². The Morgan fingerprint density at radius 2 is 1.52 bits per heavy atom. The van der Waals surface area contributed by atoms with Crippen molar-refractivity contribution in [2.75, 3.05) is 14.2 Å². The zero-order valence-corrected chi connectivity index (χ0v) is 13.5. The van der Waals surface area contributed by atoms with Gasteiger partial charge in [0.1, 0.15) is 5.75 Å². The lowest BCUT2D eigenvalue weighted by Gasteiger charge is -2.27. The van der Waals surface area contributed by atoms with Crippen LogP contribution < -0.4 is 4.74 Å². The van der Waals surface area contributed by atoms with Crippen LogP contribution in [0.25, 0.3) is 0 Å². The van der Waals surface area contributed by atoms with E-state index in [1.807, 2.05) is 0 Å². The first-order valence-electron chi connectivity index (χ1n) is 6.69. The van der Waals surface area contributed by atoms with Crippen molar-refractivity contribution in [2.45, 2.75) is 18.0 Å². The number of benzene rings is 1. The molecule has 1 rings (SSSR count). The molecule has 6 nitrogen and oxygen atoms in total. The van der Waals surface area contributed by atoms with Crippen LogP contribution in [0.1, 0.15) is 0 Å². The number of carbonyl (C=O) groups is 1. The molecule has 0 aliphatic carbocycles. The Labute approximate surface area is 146 Å². The third-order valence-electron chi connectivity index (χ3n) is 2.99. The van der Waals surface area contributed by atoms with Gasteiger partial charge in [0.25, 0.3) is 0 Å². The summed E-state index contributed by atoms with van der Waals surface area (Å²) in [6, 6.07) is 5.03. The Morgan fingerprint density at radius 1 is 1.00 bits per heavy atom. The fraction of sp³-hybridized carbons (Fsp3) is 0.357. The van der Waals surface area contributed by atoms with E-state index >= 15 is 0 Å². The quantitative estimate of drug-likeness (QED) is 0.248. The van der Waals surface area contributed by atoms with E-state index in [0.29, 0.717) is 12.9 Å². The lowest BCUT2D eigenvalue weighted by molar-refractivity contribution is -0.349. The third kappa shape index (κ3) is 4.46. The number of allylic oxidation sites excluding steroid dienone is 1. The Kier molecular flexibility index (Phi) is 6.41. The summed E-state index contributed by atoms with van der Waals surface area (Å²) in [5.41, 5.74) is -2.06. The van der Waals surface area contributed by atoms with Crippen LogP contribution in [0.15, 0.2) is 46.0 Å². The second-order valence-corrected chi connectivity index (χ2v) is 4.73. The molecule has 0 fully saturated rings. The number of hydrogen-bond acceptors (Lipinski definition) is 6. The molecular formula is C14H11F7N2O4. The van der Waals surface area contributed by atoms with E-state index in [2.05, 4.69) is 15.0 Å². The second-order valence-electron chi connectivity index (χ2n) is 4.73. The van der Waals surface area contributed by atoms with Crippen molar-refractivity contribution in [2.24, 2.45) is 10.2 Å². The largest absolute Gasteiger partial charge is 0.504 e. The zero-order chi connectivity index (χ0) is 21.0. The number of nitrogens with zero attached hydrogens (tertiary/aromatic N) is 2. The van der Waals surface area contributed by atoms with Gasteiger partial charge in [0.05, 0.1) is 19.9 Å². The lowest BCUT2D eigenvalue weighted by Crippen LogP contribution is -2.53. The fourth-order valence-electron chi connectivity index (χ4n) is 1.51.